The summed E-state index contributed by atoms with van der Waals surface area (Å²) >= 11 is 1.68. The second-order valence-electron chi connectivity index (χ2n) is 5.62. The molecule has 2 fully saturated rings. The van der Waals surface area contributed by atoms with Crippen LogP contribution in [-0.2, 0) is 6.54 Å². The highest BCUT2D eigenvalue weighted by atomic mass is 32.1. The molecule has 0 saturated heterocycles. The Labute approximate surface area is 107 Å². The van der Waals surface area contributed by atoms with E-state index in [0.717, 1.165) is 28.6 Å². The van der Waals surface area contributed by atoms with Crippen LogP contribution in [-0.4, -0.2) is 11.0 Å². The van der Waals surface area contributed by atoms with E-state index in [9.17, 15) is 0 Å². The lowest BCUT2D eigenvalue weighted by atomic mass is 9.84. The van der Waals surface area contributed by atoms with Gasteiger partial charge in [0.2, 0.25) is 0 Å². The van der Waals surface area contributed by atoms with E-state index in [4.69, 9.17) is 5.73 Å². The van der Waals surface area contributed by atoms with Crippen LogP contribution in [0.2, 0.25) is 0 Å². The number of hydrogen-bond acceptors (Lipinski definition) is 4. The molecule has 4 heteroatoms. The number of anilines is 1. The Morgan fingerprint density at radius 2 is 2.41 bits per heavy atom. The third-order valence-corrected chi connectivity index (χ3v) is 5.37. The minimum atomic E-state index is 0.542. The van der Waals surface area contributed by atoms with Crippen LogP contribution in [0.5, 0.6) is 0 Å². The van der Waals surface area contributed by atoms with Gasteiger partial charge in [0.1, 0.15) is 0 Å². The highest BCUT2D eigenvalue weighted by molar-refractivity contribution is 7.13. The van der Waals surface area contributed by atoms with Crippen molar-refractivity contribution in [3.63, 3.8) is 0 Å². The number of aromatic nitrogens is 1. The standard InChI is InChI=1S/C13H21N3S/c1-8(12-5-9-2-3-10(12)4-9)15-13-16-11(6-14)7-17-13/h7-10,12H,2-6,14H2,1H3,(H,15,16). The minimum absolute atomic E-state index is 0.542. The van der Waals surface area contributed by atoms with Crippen LogP contribution in [0, 0.1) is 17.8 Å². The van der Waals surface area contributed by atoms with Crippen molar-refractivity contribution in [2.75, 3.05) is 5.32 Å². The fraction of sp³-hybridized carbons (Fsp3) is 0.769. The van der Waals surface area contributed by atoms with Crippen LogP contribution < -0.4 is 11.1 Å². The maximum Gasteiger partial charge on any atom is 0.183 e. The van der Waals surface area contributed by atoms with Gasteiger partial charge in [0.15, 0.2) is 5.13 Å². The SMILES string of the molecule is CC(Nc1nc(CN)cs1)C1CC2CCC1C2. The van der Waals surface area contributed by atoms with E-state index in [2.05, 4.69) is 22.6 Å². The lowest BCUT2D eigenvalue weighted by Crippen LogP contribution is -2.29. The fourth-order valence-corrected chi connectivity index (χ4v) is 4.50. The first-order chi connectivity index (χ1) is 8.26. The van der Waals surface area contributed by atoms with E-state index in [0.29, 0.717) is 12.6 Å². The topological polar surface area (TPSA) is 50.9 Å². The molecule has 4 unspecified atom stereocenters. The van der Waals surface area contributed by atoms with Crippen molar-refractivity contribution in [2.24, 2.45) is 23.5 Å². The summed E-state index contributed by atoms with van der Waals surface area (Å²) in [5.41, 5.74) is 6.58. The van der Waals surface area contributed by atoms with Gasteiger partial charge in [-0.2, -0.15) is 0 Å². The van der Waals surface area contributed by atoms with Gasteiger partial charge >= 0.3 is 0 Å². The number of nitrogens with two attached hydrogens (primary N) is 1. The van der Waals surface area contributed by atoms with Gasteiger partial charge in [-0.05, 0) is 43.9 Å². The van der Waals surface area contributed by atoms with E-state index in [1.54, 1.807) is 11.3 Å². The second kappa shape index (κ2) is 4.58. The van der Waals surface area contributed by atoms with Crippen LogP contribution in [0.4, 0.5) is 5.13 Å². The predicted molar refractivity (Wildman–Crippen MR) is 72.0 cm³/mol. The Hall–Kier alpha value is -0.610. The zero-order valence-corrected chi connectivity index (χ0v) is 11.2. The van der Waals surface area contributed by atoms with Gasteiger partial charge in [-0.25, -0.2) is 4.98 Å². The van der Waals surface area contributed by atoms with Gasteiger partial charge in [-0.3, -0.25) is 0 Å². The maximum absolute atomic E-state index is 5.58. The lowest BCUT2D eigenvalue weighted by molar-refractivity contribution is 0.304. The average molecular weight is 251 g/mol. The molecule has 0 radical (unpaired) electrons. The Bertz CT molecular complexity index is 390. The Morgan fingerprint density at radius 3 is 3.00 bits per heavy atom. The molecule has 3 N–H and O–H groups in total. The minimum Gasteiger partial charge on any atom is -0.359 e. The number of hydrogen-bond donors (Lipinski definition) is 2. The van der Waals surface area contributed by atoms with Gasteiger partial charge in [-0.1, -0.05) is 6.42 Å². The van der Waals surface area contributed by atoms with Crippen molar-refractivity contribution >= 4 is 16.5 Å². The van der Waals surface area contributed by atoms with Gasteiger partial charge in [0.05, 0.1) is 5.69 Å². The molecule has 17 heavy (non-hydrogen) atoms. The summed E-state index contributed by atoms with van der Waals surface area (Å²) in [6.07, 6.45) is 5.83. The van der Waals surface area contributed by atoms with E-state index in [1.165, 1.54) is 25.7 Å². The summed E-state index contributed by atoms with van der Waals surface area (Å²) < 4.78 is 0. The molecule has 1 heterocycles. The second-order valence-corrected chi connectivity index (χ2v) is 6.48. The maximum atomic E-state index is 5.58. The van der Waals surface area contributed by atoms with Crippen LogP contribution in [0.25, 0.3) is 0 Å². The smallest absolute Gasteiger partial charge is 0.183 e. The molecule has 94 valence electrons. The van der Waals surface area contributed by atoms with Crippen LogP contribution in [0.3, 0.4) is 0 Å². The first-order valence-electron chi connectivity index (χ1n) is 6.67. The third kappa shape index (κ3) is 2.20. The molecule has 3 rings (SSSR count). The quantitative estimate of drug-likeness (QED) is 0.865. The molecule has 0 aromatic carbocycles. The number of thiazole rings is 1. The summed E-state index contributed by atoms with van der Waals surface area (Å²) in [7, 11) is 0. The molecule has 0 amide bonds. The zero-order valence-electron chi connectivity index (χ0n) is 10.4. The van der Waals surface area contributed by atoms with Crippen LogP contribution >= 0.6 is 11.3 Å². The molecule has 2 saturated carbocycles. The predicted octanol–water partition coefficient (Wildman–Crippen LogP) is 2.84. The van der Waals surface area contributed by atoms with Crippen molar-refractivity contribution in [3.05, 3.63) is 11.1 Å². The molecule has 0 aliphatic heterocycles. The van der Waals surface area contributed by atoms with Crippen molar-refractivity contribution in [3.8, 4) is 0 Å². The number of nitrogens with one attached hydrogen (secondary N) is 1. The highest BCUT2D eigenvalue weighted by Crippen LogP contribution is 2.49. The van der Waals surface area contributed by atoms with Crippen molar-refractivity contribution in [2.45, 2.75) is 45.2 Å². The van der Waals surface area contributed by atoms with Gasteiger partial charge < -0.3 is 11.1 Å². The number of fused-ring (bicyclic) bond motifs is 2. The summed E-state index contributed by atoms with van der Waals surface area (Å²) in [6.45, 7) is 2.86. The summed E-state index contributed by atoms with van der Waals surface area (Å²) in [6, 6.07) is 0.557. The van der Waals surface area contributed by atoms with Crippen LogP contribution in [0.1, 0.15) is 38.3 Å². The number of nitrogens with zero attached hydrogens (tertiary/aromatic N) is 1. The first-order valence-corrected chi connectivity index (χ1v) is 7.55. The Balaban J connectivity index is 1.61. The lowest BCUT2D eigenvalue weighted by Gasteiger charge is -2.28. The first kappa shape index (κ1) is 11.5. The van der Waals surface area contributed by atoms with Gasteiger partial charge in [0, 0.05) is 18.0 Å². The van der Waals surface area contributed by atoms with E-state index < -0.39 is 0 Å². The van der Waals surface area contributed by atoms with Crippen molar-refractivity contribution in [1.29, 1.82) is 0 Å². The monoisotopic (exact) mass is 251 g/mol. The van der Waals surface area contributed by atoms with Crippen molar-refractivity contribution < 1.29 is 0 Å². The molecule has 3 nitrogen and oxygen atoms in total. The Kier molecular flexibility index (Phi) is 3.09. The summed E-state index contributed by atoms with van der Waals surface area (Å²) in [5.74, 6) is 2.85. The molecular formula is C13H21N3S. The molecule has 4 atom stereocenters. The molecule has 2 aliphatic rings. The van der Waals surface area contributed by atoms with Gasteiger partial charge in [0.25, 0.3) is 0 Å². The average Bonchev–Trinajstić information content (AvgIpc) is 3.04. The Morgan fingerprint density at radius 1 is 1.53 bits per heavy atom. The molecule has 2 aliphatic carbocycles. The van der Waals surface area contributed by atoms with Gasteiger partial charge in [-0.15, -0.1) is 11.3 Å². The molecule has 1 aromatic heterocycles. The molecule has 1 aromatic rings. The zero-order chi connectivity index (χ0) is 11.8. The van der Waals surface area contributed by atoms with E-state index >= 15 is 0 Å². The summed E-state index contributed by atoms with van der Waals surface area (Å²) in [4.78, 5) is 4.48. The van der Waals surface area contributed by atoms with Crippen LogP contribution in [0.15, 0.2) is 5.38 Å². The number of rotatable bonds is 4. The highest BCUT2D eigenvalue weighted by Gasteiger charge is 2.41. The normalized spacial score (nSPS) is 32.9. The fourth-order valence-electron chi connectivity index (χ4n) is 3.68. The van der Waals surface area contributed by atoms with Crippen molar-refractivity contribution in [1.82, 2.24) is 4.98 Å². The summed E-state index contributed by atoms with van der Waals surface area (Å²) in [5, 5.41) is 6.67. The molecular weight excluding hydrogens is 230 g/mol. The largest absolute Gasteiger partial charge is 0.359 e. The third-order valence-electron chi connectivity index (χ3n) is 4.55. The molecule has 0 spiro atoms. The van der Waals surface area contributed by atoms with E-state index in [1.807, 2.05) is 0 Å². The molecule has 2 bridgehead atoms. The van der Waals surface area contributed by atoms with E-state index in [-0.39, 0.29) is 0 Å².